The number of aliphatic hydroxyl groups is 1. The van der Waals surface area contributed by atoms with E-state index in [0.717, 1.165) is 12.8 Å². The maximum Gasteiger partial charge on any atom is 0.251 e. The number of aliphatic hydroxyl groups excluding tert-OH is 1. The van der Waals surface area contributed by atoms with Gasteiger partial charge < -0.3 is 10.4 Å². The van der Waals surface area contributed by atoms with Gasteiger partial charge in [0.15, 0.2) is 0 Å². The van der Waals surface area contributed by atoms with Gasteiger partial charge in [0.1, 0.15) is 0 Å². The van der Waals surface area contributed by atoms with Crippen molar-refractivity contribution in [2.75, 3.05) is 26.2 Å². The first-order chi connectivity index (χ1) is 8.85. The molecular weight excluding hydrogens is 254 g/mol. The zero-order chi connectivity index (χ0) is 14.8. The number of hydrogen-bond acceptors (Lipinski definition) is 3. The molecule has 0 aromatic carbocycles. The van der Waals surface area contributed by atoms with Crippen molar-refractivity contribution in [2.45, 2.75) is 46.1 Å². The molecule has 1 amide bonds. The normalized spacial score (nSPS) is 13.3. The Hall–Kier alpha value is -0.750. The molecule has 0 aromatic heterocycles. The molecule has 0 heterocycles. The average Bonchev–Trinajstić information content (AvgIpc) is 2.25. The fraction of sp³-hybridized carbons (Fsp3) is 0.923. The van der Waals surface area contributed by atoms with E-state index < -0.39 is 13.0 Å². The van der Waals surface area contributed by atoms with Gasteiger partial charge >= 0.3 is 0 Å². The van der Waals surface area contributed by atoms with Crippen LogP contribution in [0.3, 0.4) is 0 Å². The van der Waals surface area contributed by atoms with Gasteiger partial charge in [-0.2, -0.15) is 0 Å². The van der Waals surface area contributed by atoms with Gasteiger partial charge in [-0.25, -0.2) is 8.78 Å². The molecule has 0 spiro atoms. The SMILES string of the molecule is CC(C)CCC(C)NC(=O)CN(CCO)CC(F)F. The van der Waals surface area contributed by atoms with Crippen LogP contribution in [0.15, 0.2) is 0 Å². The maximum absolute atomic E-state index is 12.3. The van der Waals surface area contributed by atoms with E-state index in [4.69, 9.17) is 5.11 Å². The molecule has 6 heteroatoms. The van der Waals surface area contributed by atoms with Crippen molar-refractivity contribution in [3.8, 4) is 0 Å². The zero-order valence-corrected chi connectivity index (χ0v) is 12.0. The lowest BCUT2D eigenvalue weighted by Crippen LogP contribution is -2.43. The molecule has 0 radical (unpaired) electrons. The fourth-order valence-corrected chi connectivity index (χ4v) is 1.75. The van der Waals surface area contributed by atoms with Crippen molar-refractivity contribution in [1.29, 1.82) is 0 Å². The summed E-state index contributed by atoms with van der Waals surface area (Å²) in [7, 11) is 0. The number of amides is 1. The minimum Gasteiger partial charge on any atom is -0.395 e. The van der Waals surface area contributed by atoms with Crippen molar-refractivity contribution >= 4 is 5.91 Å². The second-order valence-electron chi connectivity index (χ2n) is 5.29. The monoisotopic (exact) mass is 280 g/mol. The van der Waals surface area contributed by atoms with Gasteiger partial charge in [0.05, 0.1) is 19.7 Å². The molecule has 19 heavy (non-hydrogen) atoms. The van der Waals surface area contributed by atoms with Gasteiger partial charge in [-0.3, -0.25) is 9.69 Å². The molecular formula is C13H26F2N2O2. The lowest BCUT2D eigenvalue weighted by molar-refractivity contribution is -0.123. The minimum absolute atomic E-state index is 0.0393. The molecule has 0 rings (SSSR count). The van der Waals surface area contributed by atoms with Crippen molar-refractivity contribution in [3.63, 3.8) is 0 Å². The first-order valence-electron chi connectivity index (χ1n) is 6.75. The summed E-state index contributed by atoms with van der Waals surface area (Å²) in [6.45, 7) is 5.39. The molecule has 0 saturated carbocycles. The number of carbonyl (C=O) groups is 1. The third-order valence-electron chi connectivity index (χ3n) is 2.76. The van der Waals surface area contributed by atoms with Crippen LogP contribution in [0.4, 0.5) is 8.78 Å². The summed E-state index contributed by atoms with van der Waals surface area (Å²) < 4.78 is 24.6. The van der Waals surface area contributed by atoms with Crippen molar-refractivity contribution in [1.82, 2.24) is 10.2 Å². The zero-order valence-electron chi connectivity index (χ0n) is 12.0. The molecule has 0 fully saturated rings. The summed E-state index contributed by atoms with van der Waals surface area (Å²) in [4.78, 5) is 12.9. The second-order valence-corrected chi connectivity index (χ2v) is 5.29. The Balaban J connectivity index is 4.03. The van der Waals surface area contributed by atoms with E-state index in [-0.39, 0.29) is 31.6 Å². The predicted octanol–water partition coefficient (Wildman–Crippen LogP) is 1.49. The molecule has 0 aliphatic carbocycles. The number of rotatable bonds is 10. The molecule has 0 bridgehead atoms. The maximum atomic E-state index is 12.3. The molecule has 1 unspecified atom stereocenters. The van der Waals surface area contributed by atoms with Crippen molar-refractivity contribution < 1.29 is 18.7 Å². The Kier molecular flexibility index (Phi) is 9.69. The highest BCUT2D eigenvalue weighted by molar-refractivity contribution is 5.78. The summed E-state index contributed by atoms with van der Waals surface area (Å²) in [6, 6.07) is 0.0393. The molecule has 2 N–H and O–H groups in total. The first-order valence-corrected chi connectivity index (χ1v) is 6.75. The smallest absolute Gasteiger partial charge is 0.251 e. The lowest BCUT2D eigenvalue weighted by atomic mass is 10.0. The van der Waals surface area contributed by atoms with E-state index in [9.17, 15) is 13.6 Å². The number of nitrogens with one attached hydrogen (secondary N) is 1. The molecule has 114 valence electrons. The largest absolute Gasteiger partial charge is 0.395 e. The number of halogens is 2. The summed E-state index contributed by atoms with van der Waals surface area (Å²) in [5.74, 6) is 0.300. The highest BCUT2D eigenvalue weighted by atomic mass is 19.3. The van der Waals surface area contributed by atoms with E-state index in [1.54, 1.807) is 0 Å². The van der Waals surface area contributed by atoms with Gasteiger partial charge in [-0.05, 0) is 25.7 Å². The third kappa shape index (κ3) is 10.8. The standard InChI is InChI=1S/C13H26F2N2O2/c1-10(2)4-5-11(3)16-13(19)9-17(6-7-18)8-12(14)15/h10-12,18H,4-9H2,1-3H3,(H,16,19). The van der Waals surface area contributed by atoms with E-state index in [1.165, 1.54) is 4.90 Å². The van der Waals surface area contributed by atoms with Crippen LogP contribution >= 0.6 is 0 Å². The van der Waals surface area contributed by atoms with Crippen molar-refractivity contribution in [2.24, 2.45) is 5.92 Å². The van der Waals surface area contributed by atoms with Gasteiger partial charge in [0.25, 0.3) is 6.43 Å². The van der Waals surface area contributed by atoms with Crippen molar-refractivity contribution in [3.05, 3.63) is 0 Å². The number of alkyl halides is 2. The molecule has 0 aliphatic heterocycles. The molecule has 0 saturated heterocycles. The second kappa shape index (κ2) is 10.1. The Morgan fingerprint density at radius 1 is 1.26 bits per heavy atom. The lowest BCUT2D eigenvalue weighted by Gasteiger charge is -2.22. The van der Waals surface area contributed by atoms with Crippen LogP contribution in [0.2, 0.25) is 0 Å². The van der Waals surface area contributed by atoms with Gasteiger partial charge in [0, 0.05) is 12.6 Å². The molecule has 0 aliphatic rings. The van der Waals surface area contributed by atoms with Crippen LogP contribution in [0.5, 0.6) is 0 Å². The highest BCUT2D eigenvalue weighted by Gasteiger charge is 2.16. The fourth-order valence-electron chi connectivity index (χ4n) is 1.75. The van der Waals surface area contributed by atoms with Crippen LogP contribution in [0, 0.1) is 5.92 Å². The van der Waals surface area contributed by atoms with Crippen LogP contribution in [0.25, 0.3) is 0 Å². The molecule has 4 nitrogen and oxygen atoms in total. The van der Waals surface area contributed by atoms with Crippen LogP contribution < -0.4 is 5.32 Å². The van der Waals surface area contributed by atoms with Gasteiger partial charge in [-0.15, -0.1) is 0 Å². The van der Waals surface area contributed by atoms with E-state index >= 15 is 0 Å². The summed E-state index contributed by atoms with van der Waals surface area (Å²) in [5.41, 5.74) is 0. The van der Waals surface area contributed by atoms with Crippen LogP contribution in [-0.4, -0.2) is 54.6 Å². The van der Waals surface area contributed by atoms with E-state index in [2.05, 4.69) is 19.2 Å². The number of nitrogens with zero attached hydrogens (tertiary/aromatic N) is 1. The van der Waals surface area contributed by atoms with Crippen LogP contribution in [0.1, 0.15) is 33.6 Å². The van der Waals surface area contributed by atoms with Gasteiger partial charge in [0.2, 0.25) is 5.91 Å². The topological polar surface area (TPSA) is 52.6 Å². The van der Waals surface area contributed by atoms with E-state index in [0.29, 0.717) is 5.92 Å². The van der Waals surface area contributed by atoms with Gasteiger partial charge in [-0.1, -0.05) is 13.8 Å². The molecule has 1 atom stereocenters. The third-order valence-corrected chi connectivity index (χ3v) is 2.76. The van der Waals surface area contributed by atoms with E-state index in [1.807, 2.05) is 6.92 Å². The summed E-state index contributed by atoms with van der Waals surface area (Å²) in [6.07, 6.45) is -0.616. The highest BCUT2D eigenvalue weighted by Crippen LogP contribution is 2.06. The summed E-state index contributed by atoms with van der Waals surface area (Å²) in [5, 5.41) is 11.6. The Morgan fingerprint density at radius 2 is 1.89 bits per heavy atom. The Labute approximate surface area is 114 Å². The Morgan fingerprint density at radius 3 is 2.37 bits per heavy atom. The predicted molar refractivity (Wildman–Crippen MR) is 71.2 cm³/mol. The summed E-state index contributed by atoms with van der Waals surface area (Å²) >= 11 is 0. The number of carbonyl (C=O) groups excluding carboxylic acids is 1. The minimum atomic E-state index is -2.50. The Bertz CT molecular complexity index is 251. The molecule has 0 aromatic rings. The first kappa shape index (κ1) is 18.2. The average molecular weight is 280 g/mol. The quantitative estimate of drug-likeness (QED) is 0.637. The van der Waals surface area contributed by atoms with Crippen LogP contribution in [-0.2, 0) is 4.79 Å². The number of hydrogen-bond donors (Lipinski definition) is 2.